The van der Waals surface area contributed by atoms with Gasteiger partial charge in [0.05, 0.1) is 10.9 Å². The van der Waals surface area contributed by atoms with Crippen molar-refractivity contribution >= 4 is 27.3 Å². The molecule has 2 N–H and O–H groups in total. The van der Waals surface area contributed by atoms with E-state index >= 15 is 0 Å². The lowest BCUT2D eigenvalue weighted by Gasteiger charge is -2.43. The first-order chi connectivity index (χ1) is 18.4. The zero-order valence-electron chi connectivity index (χ0n) is 21.9. The van der Waals surface area contributed by atoms with Crippen LogP contribution in [0.3, 0.4) is 0 Å². The maximum Gasteiger partial charge on any atom is 0.255 e. The van der Waals surface area contributed by atoms with Gasteiger partial charge in [0.1, 0.15) is 0 Å². The van der Waals surface area contributed by atoms with E-state index in [9.17, 15) is 13.2 Å². The third-order valence-electron chi connectivity index (χ3n) is 8.96. The lowest BCUT2D eigenvalue weighted by molar-refractivity contribution is 0.102. The molecule has 1 aliphatic heterocycles. The van der Waals surface area contributed by atoms with Gasteiger partial charge in [0, 0.05) is 30.0 Å². The average molecular weight is 530 g/mol. The molecule has 6 nitrogen and oxygen atoms in total. The molecule has 3 aromatic rings. The smallest absolute Gasteiger partial charge is 0.255 e. The maximum absolute atomic E-state index is 13.3. The zero-order chi connectivity index (χ0) is 26.4. The van der Waals surface area contributed by atoms with E-state index < -0.39 is 10.0 Å². The molecule has 0 radical (unpaired) electrons. The number of nitrogens with one attached hydrogen (secondary N) is 2. The van der Waals surface area contributed by atoms with Crippen molar-refractivity contribution in [2.24, 2.45) is 17.8 Å². The van der Waals surface area contributed by atoms with Crippen LogP contribution in [0.15, 0.2) is 77.7 Å². The molecule has 1 amide bonds. The predicted molar refractivity (Wildman–Crippen MR) is 151 cm³/mol. The van der Waals surface area contributed by atoms with Gasteiger partial charge in [0.15, 0.2) is 0 Å². The SMILES string of the molecule is CCN(CC)S(=O)(=O)c1ccc(NC(=O)c2ccc3c(c2)[C@@H]2[C@H]4CC[C@@H](C4)[C@H]2[C@@H](c2ccccc2)N3)cc1. The second kappa shape index (κ2) is 9.86. The fourth-order valence-electron chi connectivity index (χ4n) is 7.24. The Hall–Kier alpha value is -3.16. The van der Waals surface area contributed by atoms with Gasteiger partial charge in [-0.3, -0.25) is 4.79 Å². The van der Waals surface area contributed by atoms with Gasteiger partial charge in [-0.15, -0.1) is 0 Å². The molecule has 2 saturated carbocycles. The number of amides is 1. The molecular formula is C31H35N3O3S. The number of carbonyl (C=O) groups is 1. The summed E-state index contributed by atoms with van der Waals surface area (Å²) < 4.78 is 27.0. The number of sulfonamides is 1. The number of benzene rings is 3. The first-order valence-electron chi connectivity index (χ1n) is 13.8. The van der Waals surface area contributed by atoms with E-state index in [-0.39, 0.29) is 10.8 Å². The van der Waals surface area contributed by atoms with Crippen LogP contribution in [-0.4, -0.2) is 31.7 Å². The molecule has 2 bridgehead atoms. The maximum atomic E-state index is 13.3. The van der Waals surface area contributed by atoms with Crippen molar-refractivity contribution in [3.63, 3.8) is 0 Å². The summed E-state index contributed by atoms with van der Waals surface area (Å²) in [5, 5.41) is 6.79. The van der Waals surface area contributed by atoms with E-state index in [2.05, 4.69) is 53.1 Å². The summed E-state index contributed by atoms with van der Waals surface area (Å²) in [5.74, 6) is 2.22. The monoisotopic (exact) mass is 529 g/mol. The van der Waals surface area contributed by atoms with Gasteiger partial charge in [-0.2, -0.15) is 4.31 Å². The Labute approximate surface area is 225 Å². The van der Waals surface area contributed by atoms with E-state index in [4.69, 9.17) is 0 Å². The lowest BCUT2D eigenvalue weighted by Crippen LogP contribution is -2.35. The standard InChI is InChI=1S/C31H35N3O3S/c1-3-34(4-2)38(36,37)25-15-13-24(14-16-25)32-31(35)23-12-17-27-26(19-23)28-21-10-11-22(18-21)29(28)30(33-27)20-8-6-5-7-9-20/h5-9,12-17,19,21-22,28-30,33H,3-4,10-11,18H2,1-2H3,(H,32,35)/t21-,22-,28-,29+,30+/m0/s1. The molecule has 6 rings (SSSR count). The molecule has 1 heterocycles. The Kier molecular flexibility index (Phi) is 6.52. The van der Waals surface area contributed by atoms with E-state index in [0.29, 0.717) is 48.1 Å². The van der Waals surface area contributed by atoms with Gasteiger partial charge in [-0.05, 0) is 96.5 Å². The molecule has 38 heavy (non-hydrogen) atoms. The third kappa shape index (κ3) is 4.22. The number of fused-ring (bicyclic) bond motifs is 7. The summed E-state index contributed by atoms with van der Waals surface area (Å²) >= 11 is 0. The van der Waals surface area contributed by atoms with Crippen molar-refractivity contribution in [1.82, 2.24) is 4.31 Å². The first-order valence-corrected chi connectivity index (χ1v) is 15.2. The minimum atomic E-state index is -3.53. The molecule has 2 aliphatic carbocycles. The van der Waals surface area contributed by atoms with E-state index in [1.54, 1.807) is 24.3 Å². The Balaban J connectivity index is 1.24. The van der Waals surface area contributed by atoms with Crippen LogP contribution in [0, 0.1) is 17.8 Å². The molecule has 0 saturated heterocycles. The minimum absolute atomic E-state index is 0.183. The van der Waals surface area contributed by atoms with Crippen LogP contribution >= 0.6 is 0 Å². The molecule has 0 aromatic heterocycles. The lowest BCUT2D eigenvalue weighted by atomic mass is 9.68. The normalized spacial score (nSPS) is 25.5. The Morgan fingerprint density at radius 3 is 2.37 bits per heavy atom. The summed E-state index contributed by atoms with van der Waals surface area (Å²) in [7, 11) is -3.53. The number of carbonyl (C=O) groups excluding carboxylic acids is 1. The van der Waals surface area contributed by atoms with Crippen LogP contribution in [0.5, 0.6) is 0 Å². The Bertz CT molecular complexity index is 1430. The van der Waals surface area contributed by atoms with Gasteiger partial charge in [0.2, 0.25) is 10.0 Å². The highest BCUT2D eigenvalue weighted by Gasteiger charge is 2.53. The summed E-state index contributed by atoms with van der Waals surface area (Å²) in [6.45, 7) is 4.48. The molecule has 2 fully saturated rings. The van der Waals surface area contributed by atoms with E-state index in [1.165, 1.54) is 34.7 Å². The van der Waals surface area contributed by atoms with E-state index in [1.807, 2.05) is 19.9 Å². The number of hydrogen-bond donors (Lipinski definition) is 2. The second-order valence-corrected chi connectivity index (χ2v) is 12.8. The summed E-state index contributed by atoms with van der Waals surface area (Å²) in [6.07, 6.45) is 3.84. The third-order valence-corrected chi connectivity index (χ3v) is 11.0. The van der Waals surface area contributed by atoms with Crippen molar-refractivity contribution in [1.29, 1.82) is 0 Å². The van der Waals surface area contributed by atoms with Crippen molar-refractivity contribution in [3.05, 3.63) is 89.5 Å². The molecule has 7 heteroatoms. The molecule has 198 valence electrons. The average Bonchev–Trinajstić information content (AvgIpc) is 3.57. The zero-order valence-corrected chi connectivity index (χ0v) is 22.7. The molecule has 5 atom stereocenters. The predicted octanol–water partition coefficient (Wildman–Crippen LogP) is 6.27. The van der Waals surface area contributed by atoms with Crippen molar-refractivity contribution in [3.8, 4) is 0 Å². The number of hydrogen-bond acceptors (Lipinski definition) is 4. The minimum Gasteiger partial charge on any atom is -0.378 e. The van der Waals surface area contributed by atoms with Crippen LogP contribution in [0.2, 0.25) is 0 Å². The van der Waals surface area contributed by atoms with Crippen LogP contribution < -0.4 is 10.6 Å². The summed E-state index contributed by atoms with van der Waals surface area (Å²) in [4.78, 5) is 13.5. The fourth-order valence-corrected chi connectivity index (χ4v) is 8.70. The second-order valence-electron chi connectivity index (χ2n) is 10.8. The Morgan fingerprint density at radius 2 is 1.66 bits per heavy atom. The van der Waals surface area contributed by atoms with Gasteiger partial charge in [-0.25, -0.2) is 8.42 Å². The van der Waals surface area contributed by atoms with Crippen molar-refractivity contribution in [2.45, 2.75) is 50.0 Å². The van der Waals surface area contributed by atoms with Crippen molar-refractivity contribution in [2.75, 3.05) is 23.7 Å². The number of anilines is 2. The molecule has 0 unspecified atom stereocenters. The van der Waals surface area contributed by atoms with Gasteiger partial charge in [0.25, 0.3) is 5.91 Å². The largest absolute Gasteiger partial charge is 0.378 e. The van der Waals surface area contributed by atoms with Gasteiger partial charge < -0.3 is 10.6 Å². The number of rotatable bonds is 7. The highest BCUT2D eigenvalue weighted by atomic mass is 32.2. The van der Waals surface area contributed by atoms with Gasteiger partial charge >= 0.3 is 0 Å². The van der Waals surface area contributed by atoms with Crippen LogP contribution in [0.1, 0.15) is 66.6 Å². The summed E-state index contributed by atoms with van der Waals surface area (Å²) in [6, 6.07) is 23.5. The highest BCUT2D eigenvalue weighted by molar-refractivity contribution is 7.89. The van der Waals surface area contributed by atoms with Crippen LogP contribution in [0.25, 0.3) is 0 Å². The van der Waals surface area contributed by atoms with Crippen LogP contribution in [0.4, 0.5) is 11.4 Å². The quantitative estimate of drug-likeness (QED) is 0.378. The number of nitrogens with zero attached hydrogens (tertiary/aromatic N) is 1. The molecule has 3 aliphatic rings. The Morgan fingerprint density at radius 1 is 0.947 bits per heavy atom. The fraction of sp³-hybridized carbons (Fsp3) is 0.387. The highest BCUT2D eigenvalue weighted by Crippen LogP contribution is 2.63. The topological polar surface area (TPSA) is 78.5 Å². The van der Waals surface area contributed by atoms with Crippen molar-refractivity contribution < 1.29 is 13.2 Å². The van der Waals surface area contributed by atoms with Gasteiger partial charge in [-0.1, -0.05) is 44.2 Å². The summed E-state index contributed by atoms with van der Waals surface area (Å²) in [5.41, 5.74) is 4.95. The first kappa shape index (κ1) is 25.1. The van der Waals surface area contributed by atoms with Crippen LogP contribution in [-0.2, 0) is 10.0 Å². The molecule has 0 spiro atoms. The molecular weight excluding hydrogens is 494 g/mol. The van der Waals surface area contributed by atoms with E-state index in [0.717, 1.165) is 11.6 Å². The molecule has 3 aromatic carbocycles.